The molecule has 1 atom stereocenters. The van der Waals surface area contributed by atoms with Crippen molar-refractivity contribution in [1.29, 1.82) is 0 Å². The zero-order valence-corrected chi connectivity index (χ0v) is 14.4. The maximum absolute atomic E-state index is 12.2. The summed E-state index contributed by atoms with van der Waals surface area (Å²) >= 11 is 1.45. The Bertz CT molecular complexity index is 813. The molecule has 0 saturated carbocycles. The summed E-state index contributed by atoms with van der Waals surface area (Å²) in [7, 11) is -3.63. The van der Waals surface area contributed by atoms with Crippen molar-refractivity contribution in [3.05, 3.63) is 40.9 Å². The second-order valence-electron chi connectivity index (χ2n) is 5.86. The first-order valence-electron chi connectivity index (χ1n) is 7.50. The zero-order chi connectivity index (χ0) is 16.4. The average molecular weight is 350 g/mol. The Balaban J connectivity index is 1.68. The predicted molar refractivity (Wildman–Crippen MR) is 90.4 cm³/mol. The van der Waals surface area contributed by atoms with E-state index in [0.717, 1.165) is 25.0 Å². The van der Waals surface area contributed by atoms with Crippen LogP contribution in [0.1, 0.15) is 23.9 Å². The molecule has 1 heterocycles. The predicted octanol–water partition coefficient (Wildman–Crippen LogP) is 2.68. The van der Waals surface area contributed by atoms with E-state index < -0.39 is 21.5 Å². The Morgan fingerprint density at radius 2 is 2.09 bits per heavy atom. The monoisotopic (exact) mass is 350 g/mol. The number of aryl methyl sites for hydroxylation is 1. The molecule has 0 spiro atoms. The summed E-state index contributed by atoms with van der Waals surface area (Å²) in [6, 6.07) is 8.00. The van der Waals surface area contributed by atoms with Crippen LogP contribution in [-0.4, -0.2) is 25.1 Å². The molecule has 5 nitrogen and oxygen atoms in total. The molecule has 1 N–H and O–H groups in total. The highest BCUT2D eigenvalue weighted by molar-refractivity contribution is 7.92. The number of sulfone groups is 1. The SMILES string of the molecule is CC1CCc2nc(NC(=O)CS(=O)(=O)c3ccccc3)sc2C1. The van der Waals surface area contributed by atoms with E-state index in [1.807, 2.05) is 0 Å². The second kappa shape index (κ2) is 6.41. The third-order valence-electron chi connectivity index (χ3n) is 3.86. The van der Waals surface area contributed by atoms with E-state index in [1.54, 1.807) is 18.2 Å². The van der Waals surface area contributed by atoms with Crippen molar-refractivity contribution >= 4 is 32.2 Å². The van der Waals surface area contributed by atoms with Crippen LogP contribution in [0, 0.1) is 5.92 Å². The van der Waals surface area contributed by atoms with Crippen molar-refractivity contribution in [2.24, 2.45) is 5.92 Å². The van der Waals surface area contributed by atoms with E-state index >= 15 is 0 Å². The maximum atomic E-state index is 12.2. The molecule has 1 aliphatic carbocycles. The van der Waals surface area contributed by atoms with Crippen LogP contribution in [0.2, 0.25) is 0 Å². The molecule has 1 aliphatic rings. The average Bonchev–Trinajstić information content (AvgIpc) is 2.88. The minimum Gasteiger partial charge on any atom is -0.301 e. The van der Waals surface area contributed by atoms with Gasteiger partial charge in [0.2, 0.25) is 5.91 Å². The fourth-order valence-electron chi connectivity index (χ4n) is 2.63. The number of anilines is 1. The van der Waals surface area contributed by atoms with Crippen LogP contribution in [0.3, 0.4) is 0 Å². The standard InChI is InChI=1S/C16H18N2O3S2/c1-11-7-8-13-14(9-11)22-16(17-13)18-15(19)10-23(20,21)12-5-3-2-4-6-12/h2-6,11H,7-10H2,1H3,(H,17,18,19). The number of fused-ring (bicyclic) bond motifs is 1. The van der Waals surface area contributed by atoms with Gasteiger partial charge < -0.3 is 5.32 Å². The molecule has 0 fully saturated rings. The number of nitrogens with zero attached hydrogens (tertiary/aromatic N) is 1. The molecule has 2 aromatic rings. The smallest absolute Gasteiger partial charge is 0.241 e. The quantitative estimate of drug-likeness (QED) is 0.920. The highest BCUT2D eigenvalue weighted by atomic mass is 32.2. The van der Waals surface area contributed by atoms with Crippen LogP contribution >= 0.6 is 11.3 Å². The molecule has 1 aromatic heterocycles. The minimum absolute atomic E-state index is 0.155. The number of rotatable bonds is 4. The number of benzene rings is 1. The van der Waals surface area contributed by atoms with Gasteiger partial charge in [-0.05, 0) is 37.3 Å². The van der Waals surface area contributed by atoms with E-state index in [9.17, 15) is 13.2 Å². The Hall–Kier alpha value is -1.73. The number of hydrogen-bond acceptors (Lipinski definition) is 5. The third kappa shape index (κ3) is 3.79. The largest absolute Gasteiger partial charge is 0.301 e. The molecule has 0 saturated heterocycles. The second-order valence-corrected chi connectivity index (χ2v) is 8.93. The summed E-state index contributed by atoms with van der Waals surface area (Å²) in [6.07, 6.45) is 3.00. The van der Waals surface area contributed by atoms with Crippen molar-refractivity contribution in [2.45, 2.75) is 31.1 Å². The topological polar surface area (TPSA) is 76.1 Å². The van der Waals surface area contributed by atoms with Gasteiger partial charge >= 0.3 is 0 Å². The van der Waals surface area contributed by atoms with Gasteiger partial charge in [-0.25, -0.2) is 13.4 Å². The van der Waals surface area contributed by atoms with Gasteiger partial charge in [0.1, 0.15) is 5.75 Å². The molecule has 1 aromatic carbocycles. The lowest BCUT2D eigenvalue weighted by Gasteiger charge is -2.15. The summed E-state index contributed by atoms with van der Waals surface area (Å²) in [5, 5.41) is 3.13. The van der Waals surface area contributed by atoms with Crippen molar-refractivity contribution in [2.75, 3.05) is 11.1 Å². The van der Waals surface area contributed by atoms with Gasteiger partial charge in [-0.1, -0.05) is 25.1 Å². The number of amides is 1. The molecule has 122 valence electrons. The lowest BCUT2D eigenvalue weighted by atomic mass is 9.93. The van der Waals surface area contributed by atoms with Crippen LogP contribution in [0.25, 0.3) is 0 Å². The fourth-order valence-corrected chi connectivity index (χ4v) is 4.98. The summed E-state index contributed by atoms with van der Waals surface area (Å²) in [6.45, 7) is 2.20. The first-order chi connectivity index (χ1) is 10.9. The van der Waals surface area contributed by atoms with E-state index in [1.165, 1.54) is 28.3 Å². The molecular weight excluding hydrogens is 332 g/mol. The number of hydrogen-bond donors (Lipinski definition) is 1. The van der Waals surface area contributed by atoms with Crippen molar-refractivity contribution < 1.29 is 13.2 Å². The number of carbonyl (C=O) groups is 1. The van der Waals surface area contributed by atoms with Gasteiger partial charge in [0.15, 0.2) is 15.0 Å². The summed E-state index contributed by atoms with van der Waals surface area (Å²) in [4.78, 5) is 17.8. The molecule has 3 rings (SSSR count). The van der Waals surface area contributed by atoms with Gasteiger partial charge in [-0.3, -0.25) is 4.79 Å². The number of aromatic nitrogens is 1. The van der Waals surface area contributed by atoms with Gasteiger partial charge in [-0.15, -0.1) is 11.3 Å². The van der Waals surface area contributed by atoms with Gasteiger partial charge in [0.25, 0.3) is 0 Å². The van der Waals surface area contributed by atoms with E-state index in [0.29, 0.717) is 11.0 Å². The molecule has 0 bridgehead atoms. The molecule has 0 aliphatic heterocycles. The highest BCUT2D eigenvalue weighted by Crippen LogP contribution is 2.32. The fraction of sp³-hybridized carbons (Fsp3) is 0.375. The Kier molecular flexibility index (Phi) is 4.50. The third-order valence-corrected chi connectivity index (χ3v) is 6.52. The lowest BCUT2D eigenvalue weighted by Crippen LogP contribution is -2.22. The van der Waals surface area contributed by atoms with Crippen LogP contribution in [0.5, 0.6) is 0 Å². The molecule has 23 heavy (non-hydrogen) atoms. The normalized spacial score (nSPS) is 17.5. The van der Waals surface area contributed by atoms with E-state index in [4.69, 9.17) is 0 Å². The van der Waals surface area contributed by atoms with Gasteiger partial charge in [0.05, 0.1) is 10.6 Å². The first kappa shape index (κ1) is 16.1. The minimum atomic E-state index is -3.63. The van der Waals surface area contributed by atoms with Crippen LogP contribution in [0.15, 0.2) is 35.2 Å². The van der Waals surface area contributed by atoms with Crippen molar-refractivity contribution in [3.63, 3.8) is 0 Å². The van der Waals surface area contributed by atoms with Crippen LogP contribution in [-0.2, 0) is 27.5 Å². The van der Waals surface area contributed by atoms with Gasteiger partial charge in [-0.2, -0.15) is 0 Å². The van der Waals surface area contributed by atoms with Crippen LogP contribution in [0.4, 0.5) is 5.13 Å². The summed E-state index contributed by atoms with van der Waals surface area (Å²) in [5.74, 6) is -0.490. The molecule has 7 heteroatoms. The Morgan fingerprint density at radius 1 is 1.35 bits per heavy atom. The van der Waals surface area contributed by atoms with Crippen molar-refractivity contribution in [1.82, 2.24) is 4.98 Å². The highest BCUT2D eigenvalue weighted by Gasteiger charge is 2.23. The lowest BCUT2D eigenvalue weighted by molar-refractivity contribution is -0.113. The molecule has 1 unspecified atom stereocenters. The Labute approximate surface area is 139 Å². The molecule has 0 radical (unpaired) electrons. The van der Waals surface area contributed by atoms with Crippen LogP contribution < -0.4 is 5.32 Å². The van der Waals surface area contributed by atoms with E-state index in [-0.39, 0.29) is 4.90 Å². The number of nitrogens with one attached hydrogen (secondary N) is 1. The zero-order valence-electron chi connectivity index (χ0n) is 12.8. The molecule has 1 amide bonds. The number of thiazole rings is 1. The first-order valence-corrected chi connectivity index (χ1v) is 9.97. The maximum Gasteiger partial charge on any atom is 0.241 e. The Morgan fingerprint density at radius 3 is 2.83 bits per heavy atom. The molecular formula is C16H18N2O3S2. The van der Waals surface area contributed by atoms with Crippen molar-refractivity contribution in [3.8, 4) is 0 Å². The van der Waals surface area contributed by atoms with Gasteiger partial charge in [0, 0.05) is 4.88 Å². The summed E-state index contributed by atoms with van der Waals surface area (Å²) < 4.78 is 24.4. The van der Waals surface area contributed by atoms with E-state index in [2.05, 4.69) is 17.2 Å². The summed E-state index contributed by atoms with van der Waals surface area (Å²) in [5.41, 5.74) is 1.04. The number of carbonyl (C=O) groups excluding carboxylic acids is 1.